The summed E-state index contributed by atoms with van der Waals surface area (Å²) in [4.78, 5) is 17.1. The predicted molar refractivity (Wildman–Crippen MR) is 88.1 cm³/mol. The Morgan fingerprint density at radius 2 is 2.14 bits per heavy atom. The zero-order valence-electron chi connectivity index (χ0n) is 12.0. The lowest BCUT2D eigenvalue weighted by Crippen LogP contribution is -2.06. The van der Waals surface area contributed by atoms with E-state index in [9.17, 15) is 4.79 Å². The number of nitrogens with zero attached hydrogens (tertiary/aromatic N) is 1. The summed E-state index contributed by atoms with van der Waals surface area (Å²) < 4.78 is 4.77. The molecule has 1 atom stereocenters. The molecule has 0 radical (unpaired) electrons. The zero-order chi connectivity index (χ0) is 15.4. The highest BCUT2D eigenvalue weighted by atomic mass is 32.2. The van der Waals surface area contributed by atoms with Gasteiger partial charge in [0, 0.05) is 18.4 Å². The third kappa shape index (κ3) is 3.30. The van der Waals surface area contributed by atoms with Crippen LogP contribution in [-0.4, -0.2) is 24.3 Å². The molecule has 0 aliphatic heterocycles. The number of esters is 1. The number of carbonyl (C=O) groups excluding carboxylic acids is 1. The highest BCUT2D eigenvalue weighted by molar-refractivity contribution is 7.99. The van der Waals surface area contributed by atoms with Gasteiger partial charge in [-0.15, -0.1) is 23.1 Å². The van der Waals surface area contributed by atoms with E-state index in [1.807, 2.05) is 25.3 Å². The fourth-order valence-electron chi connectivity index (χ4n) is 1.90. The number of aromatic nitrogens is 1. The average Bonchev–Trinajstić information content (AvgIpc) is 2.83. The minimum Gasteiger partial charge on any atom is -0.465 e. The summed E-state index contributed by atoms with van der Waals surface area (Å²) >= 11 is 2.83. The van der Waals surface area contributed by atoms with Crippen molar-refractivity contribution in [1.82, 2.24) is 4.98 Å². The van der Waals surface area contributed by atoms with E-state index in [1.54, 1.807) is 12.4 Å². The molecule has 2 aromatic rings. The second-order valence-corrected chi connectivity index (χ2v) is 6.18. The van der Waals surface area contributed by atoms with Gasteiger partial charge in [-0.3, -0.25) is 4.98 Å². The predicted octanol–water partition coefficient (Wildman–Crippen LogP) is 3.41. The summed E-state index contributed by atoms with van der Waals surface area (Å²) in [6, 6.07) is 3.99. The van der Waals surface area contributed by atoms with Gasteiger partial charge in [-0.2, -0.15) is 0 Å². The van der Waals surface area contributed by atoms with Crippen molar-refractivity contribution in [3.05, 3.63) is 35.0 Å². The molecule has 7 heteroatoms. The van der Waals surface area contributed by atoms with Crippen LogP contribution in [0, 0.1) is 0 Å². The zero-order valence-corrected chi connectivity index (χ0v) is 13.7. The van der Waals surface area contributed by atoms with Gasteiger partial charge in [0.25, 0.3) is 0 Å². The van der Waals surface area contributed by atoms with Crippen molar-refractivity contribution < 1.29 is 9.53 Å². The van der Waals surface area contributed by atoms with E-state index in [-0.39, 0.29) is 6.04 Å². The average molecular weight is 323 g/mol. The van der Waals surface area contributed by atoms with Crippen LogP contribution < -0.4 is 11.1 Å². The Morgan fingerprint density at radius 3 is 2.71 bits per heavy atom. The van der Waals surface area contributed by atoms with Crippen LogP contribution in [0.2, 0.25) is 0 Å². The molecule has 112 valence electrons. The van der Waals surface area contributed by atoms with Crippen LogP contribution in [0.15, 0.2) is 29.4 Å². The van der Waals surface area contributed by atoms with Crippen LogP contribution in [0.5, 0.6) is 0 Å². The Morgan fingerprint density at radius 1 is 1.48 bits per heavy atom. The summed E-state index contributed by atoms with van der Waals surface area (Å²) in [5, 5.41) is 4.28. The number of nitrogens with two attached hydrogens (primary N) is 1. The van der Waals surface area contributed by atoms with Crippen LogP contribution >= 0.6 is 23.1 Å². The largest absolute Gasteiger partial charge is 0.465 e. The van der Waals surface area contributed by atoms with Gasteiger partial charge in [0.2, 0.25) is 0 Å². The minimum absolute atomic E-state index is 0.0856. The van der Waals surface area contributed by atoms with Gasteiger partial charge in [0.05, 0.1) is 17.7 Å². The van der Waals surface area contributed by atoms with E-state index in [4.69, 9.17) is 10.5 Å². The maximum absolute atomic E-state index is 11.7. The Labute approximate surface area is 131 Å². The first kappa shape index (κ1) is 15.7. The van der Waals surface area contributed by atoms with E-state index < -0.39 is 5.97 Å². The van der Waals surface area contributed by atoms with Gasteiger partial charge in [-0.1, -0.05) is 0 Å². The monoisotopic (exact) mass is 323 g/mol. The molecule has 2 heterocycles. The quantitative estimate of drug-likeness (QED) is 0.648. The molecule has 0 fully saturated rings. The summed E-state index contributed by atoms with van der Waals surface area (Å²) in [5.41, 5.74) is 7.63. The van der Waals surface area contributed by atoms with Crippen molar-refractivity contribution in [1.29, 1.82) is 0 Å². The summed E-state index contributed by atoms with van der Waals surface area (Å²) in [6.45, 7) is 2.05. The fraction of sp³-hybridized carbons (Fsp3) is 0.286. The summed E-state index contributed by atoms with van der Waals surface area (Å²) in [5.74, 6) is -0.405. The number of carbonyl (C=O) groups is 1. The molecule has 0 saturated carbocycles. The van der Waals surface area contributed by atoms with Crippen molar-refractivity contribution in [2.24, 2.45) is 0 Å². The smallest absolute Gasteiger partial charge is 0.350 e. The van der Waals surface area contributed by atoms with Crippen molar-refractivity contribution in [2.75, 3.05) is 24.4 Å². The van der Waals surface area contributed by atoms with Crippen LogP contribution in [0.3, 0.4) is 0 Å². The minimum atomic E-state index is -0.405. The van der Waals surface area contributed by atoms with Crippen LogP contribution in [0.25, 0.3) is 0 Å². The topological polar surface area (TPSA) is 77.2 Å². The van der Waals surface area contributed by atoms with E-state index >= 15 is 0 Å². The molecule has 0 saturated heterocycles. The van der Waals surface area contributed by atoms with Crippen molar-refractivity contribution in [2.45, 2.75) is 17.9 Å². The third-order valence-electron chi connectivity index (χ3n) is 3.03. The lowest BCUT2D eigenvalue weighted by atomic mass is 10.1. The molecule has 2 rings (SSSR count). The van der Waals surface area contributed by atoms with Gasteiger partial charge in [0.15, 0.2) is 0 Å². The van der Waals surface area contributed by atoms with E-state index in [0.717, 1.165) is 15.5 Å². The molecule has 3 N–H and O–H groups in total. The molecule has 0 bridgehead atoms. The number of thiophene rings is 1. The van der Waals surface area contributed by atoms with Crippen LogP contribution in [0.4, 0.5) is 10.7 Å². The number of nitrogens with one attached hydrogen (secondary N) is 1. The maximum atomic E-state index is 11.7. The number of rotatable bonds is 5. The van der Waals surface area contributed by atoms with Gasteiger partial charge in [-0.25, -0.2) is 4.79 Å². The number of ether oxygens (including phenoxy) is 1. The molecule has 0 spiro atoms. The lowest BCUT2D eigenvalue weighted by Gasteiger charge is -2.15. The Bertz CT molecular complexity index is 629. The first-order valence-electron chi connectivity index (χ1n) is 6.29. The van der Waals surface area contributed by atoms with Gasteiger partial charge >= 0.3 is 5.97 Å². The first-order chi connectivity index (χ1) is 10.1. The van der Waals surface area contributed by atoms with E-state index in [1.165, 1.54) is 30.2 Å². The van der Waals surface area contributed by atoms with Gasteiger partial charge < -0.3 is 15.8 Å². The third-order valence-corrected chi connectivity index (χ3v) is 5.11. The first-order valence-corrected chi connectivity index (χ1v) is 8.33. The Hall–Kier alpha value is -1.73. The number of anilines is 2. The summed E-state index contributed by atoms with van der Waals surface area (Å²) in [6.07, 6.45) is 5.44. The number of pyridine rings is 1. The van der Waals surface area contributed by atoms with E-state index in [0.29, 0.717) is 10.6 Å². The second-order valence-electron chi connectivity index (χ2n) is 4.35. The Balaban J connectivity index is 2.29. The molecule has 1 unspecified atom stereocenters. The summed E-state index contributed by atoms with van der Waals surface area (Å²) in [7, 11) is 1.35. The number of hydrogen-bond donors (Lipinski definition) is 2. The standard InChI is InChI=1S/C14H17N3O2S2/c1-8(9-4-6-16-7-5-9)17-13-11(20-3)10(15)12(21-13)14(18)19-2/h4-8,17H,15H2,1-3H3. The Kier molecular flexibility index (Phi) is 5.08. The highest BCUT2D eigenvalue weighted by Crippen LogP contribution is 2.43. The second kappa shape index (κ2) is 6.82. The molecule has 0 amide bonds. The molecule has 0 aliphatic rings. The van der Waals surface area contributed by atoms with E-state index in [2.05, 4.69) is 10.3 Å². The molecule has 0 aliphatic carbocycles. The van der Waals surface area contributed by atoms with Crippen LogP contribution in [0.1, 0.15) is 28.2 Å². The molecule has 5 nitrogen and oxygen atoms in total. The van der Waals surface area contributed by atoms with Crippen molar-refractivity contribution in [3.8, 4) is 0 Å². The number of methoxy groups -OCH3 is 1. The SMILES string of the molecule is COC(=O)c1sc(NC(C)c2ccncc2)c(SC)c1N. The fourth-order valence-corrected chi connectivity index (χ4v) is 3.93. The number of nitrogen functional groups attached to an aromatic ring is 1. The van der Waals surface area contributed by atoms with Crippen LogP contribution in [-0.2, 0) is 4.74 Å². The lowest BCUT2D eigenvalue weighted by molar-refractivity contribution is 0.0607. The number of thioether (sulfide) groups is 1. The van der Waals surface area contributed by atoms with Crippen molar-refractivity contribution >= 4 is 39.8 Å². The molecule has 0 aromatic carbocycles. The molecular weight excluding hydrogens is 306 g/mol. The van der Waals surface area contributed by atoms with Gasteiger partial charge in [0.1, 0.15) is 9.88 Å². The highest BCUT2D eigenvalue weighted by Gasteiger charge is 2.22. The number of hydrogen-bond acceptors (Lipinski definition) is 7. The molecular formula is C14H17N3O2S2. The maximum Gasteiger partial charge on any atom is 0.350 e. The molecule has 21 heavy (non-hydrogen) atoms. The van der Waals surface area contributed by atoms with Crippen molar-refractivity contribution in [3.63, 3.8) is 0 Å². The van der Waals surface area contributed by atoms with Gasteiger partial charge in [-0.05, 0) is 30.9 Å². The molecule has 2 aromatic heterocycles. The normalized spacial score (nSPS) is 12.0.